The van der Waals surface area contributed by atoms with Gasteiger partial charge in [-0.05, 0) is 24.1 Å². The molecule has 1 aromatic rings. The van der Waals surface area contributed by atoms with Crippen LogP contribution in [0.5, 0.6) is 0 Å². The number of halogens is 1. The Balaban J connectivity index is 2.28. The van der Waals surface area contributed by atoms with E-state index in [1.807, 2.05) is 31.3 Å². The van der Waals surface area contributed by atoms with Crippen molar-refractivity contribution in [3.63, 3.8) is 0 Å². The van der Waals surface area contributed by atoms with Crippen LogP contribution >= 0.6 is 11.6 Å². The Morgan fingerprint density at radius 1 is 1.50 bits per heavy atom. The van der Waals surface area contributed by atoms with Gasteiger partial charge < -0.3 is 4.90 Å². The minimum atomic E-state index is 0.209. The van der Waals surface area contributed by atoms with Gasteiger partial charge in [0.25, 0.3) is 0 Å². The molecule has 1 atom stereocenters. The second-order valence-electron chi connectivity index (χ2n) is 3.61. The van der Waals surface area contributed by atoms with Crippen molar-refractivity contribution in [3.8, 4) is 0 Å². The highest BCUT2D eigenvalue weighted by molar-refractivity contribution is 6.30. The maximum absolute atomic E-state index is 11.3. The number of nitrogens with zero attached hydrogens (tertiary/aromatic N) is 1. The molecule has 1 saturated heterocycles. The van der Waals surface area contributed by atoms with E-state index in [9.17, 15) is 4.79 Å². The minimum absolute atomic E-state index is 0.209. The van der Waals surface area contributed by atoms with Gasteiger partial charge in [0.15, 0.2) is 0 Å². The summed E-state index contributed by atoms with van der Waals surface area (Å²) in [5, 5.41) is 0.732. The van der Waals surface area contributed by atoms with Crippen LogP contribution in [0.25, 0.3) is 0 Å². The van der Waals surface area contributed by atoms with E-state index < -0.39 is 0 Å². The molecule has 3 heteroatoms. The number of carbonyl (C=O) groups is 1. The number of rotatable bonds is 1. The first kappa shape index (κ1) is 9.53. The van der Waals surface area contributed by atoms with Crippen LogP contribution < -0.4 is 0 Å². The second kappa shape index (κ2) is 3.62. The molecule has 1 aliphatic rings. The highest BCUT2D eigenvalue weighted by Crippen LogP contribution is 2.32. The van der Waals surface area contributed by atoms with Crippen LogP contribution in [-0.2, 0) is 4.79 Å². The number of hydrogen-bond donors (Lipinski definition) is 0. The average molecular weight is 210 g/mol. The fourth-order valence-electron chi connectivity index (χ4n) is 1.91. The molecule has 0 saturated carbocycles. The molecule has 14 heavy (non-hydrogen) atoms. The summed E-state index contributed by atoms with van der Waals surface area (Å²) in [6.45, 7) is 0. The van der Waals surface area contributed by atoms with Gasteiger partial charge in [0.05, 0.1) is 6.04 Å². The van der Waals surface area contributed by atoms with Crippen molar-refractivity contribution in [1.29, 1.82) is 0 Å². The van der Waals surface area contributed by atoms with Crippen molar-refractivity contribution in [2.75, 3.05) is 7.05 Å². The lowest BCUT2D eigenvalue weighted by molar-refractivity contribution is -0.127. The maximum Gasteiger partial charge on any atom is 0.222 e. The van der Waals surface area contributed by atoms with E-state index in [1.54, 1.807) is 4.90 Å². The highest BCUT2D eigenvalue weighted by Gasteiger charge is 2.28. The summed E-state index contributed by atoms with van der Waals surface area (Å²) in [7, 11) is 1.85. The van der Waals surface area contributed by atoms with Crippen molar-refractivity contribution in [2.45, 2.75) is 18.9 Å². The van der Waals surface area contributed by atoms with E-state index in [2.05, 4.69) is 0 Å². The predicted octanol–water partition coefficient (Wildman–Crippen LogP) is 2.63. The molecule has 1 aromatic carbocycles. The second-order valence-corrected chi connectivity index (χ2v) is 4.05. The average Bonchev–Trinajstić information content (AvgIpc) is 2.48. The Labute approximate surface area is 88.5 Å². The zero-order valence-electron chi connectivity index (χ0n) is 8.03. The first-order valence-corrected chi connectivity index (χ1v) is 5.07. The van der Waals surface area contributed by atoms with Gasteiger partial charge in [0.2, 0.25) is 5.91 Å². The Kier molecular flexibility index (Phi) is 2.46. The zero-order chi connectivity index (χ0) is 10.1. The molecule has 1 aliphatic heterocycles. The quantitative estimate of drug-likeness (QED) is 0.697. The van der Waals surface area contributed by atoms with Crippen molar-refractivity contribution in [3.05, 3.63) is 34.9 Å². The summed E-state index contributed by atoms with van der Waals surface area (Å²) in [6.07, 6.45) is 1.54. The number of hydrogen-bond acceptors (Lipinski definition) is 1. The molecule has 0 radical (unpaired) electrons. The van der Waals surface area contributed by atoms with E-state index in [0.717, 1.165) is 17.0 Å². The van der Waals surface area contributed by atoms with Gasteiger partial charge >= 0.3 is 0 Å². The van der Waals surface area contributed by atoms with Crippen LogP contribution in [0.3, 0.4) is 0 Å². The summed E-state index contributed by atoms with van der Waals surface area (Å²) in [6, 6.07) is 7.93. The van der Waals surface area contributed by atoms with Crippen LogP contribution in [-0.4, -0.2) is 17.9 Å². The zero-order valence-corrected chi connectivity index (χ0v) is 8.79. The standard InChI is InChI=1S/C11H12ClNO/c1-13-10(5-6-11(13)14)8-3-2-4-9(12)7-8/h2-4,7,10H,5-6H2,1H3/t10-/m1/s1. The van der Waals surface area contributed by atoms with Gasteiger partial charge in [-0.3, -0.25) is 4.79 Å². The molecule has 1 amide bonds. The van der Waals surface area contributed by atoms with Crippen LogP contribution in [0.4, 0.5) is 0 Å². The number of carbonyl (C=O) groups excluding carboxylic acids is 1. The molecule has 0 spiro atoms. The first-order chi connectivity index (χ1) is 6.68. The van der Waals surface area contributed by atoms with E-state index >= 15 is 0 Å². The molecule has 0 aromatic heterocycles. The number of benzene rings is 1. The van der Waals surface area contributed by atoms with Crippen LogP contribution in [0.2, 0.25) is 5.02 Å². The van der Waals surface area contributed by atoms with E-state index in [4.69, 9.17) is 11.6 Å². The predicted molar refractivity (Wildman–Crippen MR) is 56.2 cm³/mol. The lowest BCUT2D eigenvalue weighted by atomic mass is 10.1. The Morgan fingerprint density at radius 3 is 2.86 bits per heavy atom. The third kappa shape index (κ3) is 1.62. The molecule has 0 unspecified atom stereocenters. The summed E-state index contributed by atoms with van der Waals surface area (Å²) in [5.41, 5.74) is 1.13. The molecule has 1 fully saturated rings. The van der Waals surface area contributed by atoms with Gasteiger partial charge in [-0.1, -0.05) is 23.7 Å². The molecule has 2 rings (SSSR count). The van der Waals surface area contributed by atoms with Gasteiger partial charge in [0, 0.05) is 18.5 Å². The van der Waals surface area contributed by atoms with E-state index in [-0.39, 0.29) is 11.9 Å². The van der Waals surface area contributed by atoms with Gasteiger partial charge in [-0.15, -0.1) is 0 Å². The minimum Gasteiger partial charge on any atom is -0.339 e. The number of likely N-dealkylation sites (tertiary alicyclic amines) is 1. The summed E-state index contributed by atoms with van der Waals surface area (Å²) in [4.78, 5) is 13.1. The van der Waals surface area contributed by atoms with Gasteiger partial charge in [-0.2, -0.15) is 0 Å². The molecule has 74 valence electrons. The van der Waals surface area contributed by atoms with Crippen LogP contribution in [0, 0.1) is 0 Å². The van der Waals surface area contributed by atoms with E-state index in [0.29, 0.717) is 6.42 Å². The van der Waals surface area contributed by atoms with Crippen LogP contribution in [0.15, 0.2) is 24.3 Å². The van der Waals surface area contributed by atoms with Crippen molar-refractivity contribution >= 4 is 17.5 Å². The molecule has 2 nitrogen and oxygen atoms in total. The Morgan fingerprint density at radius 2 is 2.29 bits per heavy atom. The summed E-state index contributed by atoms with van der Waals surface area (Å²) >= 11 is 5.90. The SMILES string of the molecule is CN1C(=O)CC[C@@H]1c1cccc(Cl)c1. The molecule has 0 aliphatic carbocycles. The monoisotopic (exact) mass is 209 g/mol. The summed E-state index contributed by atoms with van der Waals surface area (Å²) in [5.74, 6) is 0.218. The topological polar surface area (TPSA) is 20.3 Å². The normalized spacial score (nSPS) is 21.7. The molecule has 1 heterocycles. The van der Waals surface area contributed by atoms with Crippen molar-refractivity contribution in [2.24, 2.45) is 0 Å². The van der Waals surface area contributed by atoms with Gasteiger partial charge in [-0.25, -0.2) is 0 Å². The fraction of sp³-hybridized carbons (Fsp3) is 0.364. The van der Waals surface area contributed by atoms with E-state index in [1.165, 1.54) is 0 Å². The molecule has 0 bridgehead atoms. The lowest BCUT2D eigenvalue weighted by Gasteiger charge is -2.20. The maximum atomic E-state index is 11.3. The van der Waals surface area contributed by atoms with Crippen molar-refractivity contribution in [1.82, 2.24) is 4.90 Å². The summed E-state index contributed by atoms with van der Waals surface area (Å²) < 4.78 is 0. The Hall–Kier alpha value is -1.02. The smallest absolute Gasteiger partial charge is 0.222 e. The third-order valence-corrected chi connectivity index (χ3v) is 2.96. The van der Waals surface area contributed by atoms with Crippen molar-refractivity contribution < 1.29 is 4.79 Å². The third-order valence-electron chi connectivity index (χ3n) is 2.73. The lowest BCUT2D eigenvalue weighted by Crippen LogP contribution is -2.22. The largest absolute Gasteiger partial charge is 0.339 e. The first-order valence-electron chi connectivity index (χ1n) is 4.69. The Bertz CT molecular complexity index is 364. The fourth-order valence-corrected chi connectivity index (χ4v) is 2.11. The van der Waals surface area contributed by atoms with Gasteiger partial charge in [0.1, 0.15) is 0 Å². The number of amides is 1. The molecule has 0 N–H and O–H groups in total. The highest BCUT2D eigenvalue weighted by atomic mass is 35.5. The molecular formula is C11H12ClNO. The van der Waals surface area contributed by atoms with Crippen LogP contribution in [0.1, 0.15) is 24.4 Å². The molecular weight excluding hydrogens is 198 g/mol.